The number of hydrogen-bond acceptors (Lipinski definition) is 3. The topological polar surface area (TPSA) is 75.6 Å². The first-order valence-electron chi connectivity index (χ1n) is 5.51. The first kappa shape index (κ1) is 13.8. The molecule has 96 valence electrons. The highest BCUT2D eigenvalue weighted by molar-refractivity contribution is 5.85. The van der Waals surface area contributed by atoms with Crippen molar-refractivity contribution in [3.05, 3.63) is 42.5 Å². The quantitative estimate of drug-likeness (QED) is 0.598. The predicted molar refractivity (Wildman–Crippen MR) is 66.5 cm³/mol. The van der Waals surface area contributed by atoms with Gasteiger partial charge in [0.05, 0.1) is 0 Å². The average Bonchev–Trinajstić information content (AvgIpc) is 2.35. The number of carbonyl (C=O) groups is 2. The van der Waals surface area contributed by atoms with E-state index in [1.165, 1.54) is 0 Å². The molecule has 0 aliphatic rings. The number of ether oxygens (including phenoxy) is 1. The SMILES string of the molecule is C=C(CCCNC(=O)Oc1ccccc1)C(=O)O. The van der Waals surface area contributed by atoms with Crippen molar-refractivity contribution in [3.63, 3.8) is 0 Å². The van der Waals surface area contributed by atoms with Gasteiger partial charge in [-0.05, 0) is 25.0 Å². The molecular formula is C13H15NO4. The normalized spacial score (nSPS) is 9.56. The van der Waals surface area contributed by atoms with Gasteiger partial charge in [-0.2, -0.15) is 0 Å². The molecule has 0 saturated heterocycles. The first-order valence-corrected chi connectivity index (χ1v) is 5.51. The van der Waals surface area contributed by atoms with Crippen LogP contribution in [0.1, 0.15) is 12.8 Å². The third-order valence-electron chi connectivity index (χ3n) is 2.18. The average molecular weight is 249 g/mol. The summed E-state index contributed by atoms with van der Waals surface area (Å²) >= 11 is 0. The predicted octanol–water partition coefficient (Wildman–Crippen LogP) is 2.20. The van der Waals surface area contributed by atoms with Crippen molar-refractivity contribution >= 4 is 12.1 Å². The second kappa shape index (κ2) is 7.11. The molecule has 0 saturated carbocycles. The standard InChI is InChI=1S/C13H15NO4/c1-10(12(15)16)6-5-9-14-13(17)18-11-7-3-2-4-8-11/h2-4,7-8H,1,5-6,9H2,(H,14,17)(H,15,16). The highest BCUT2D eigenvalue weighted by Gasteiger charge is 2.05. The molecule has 0 bridgehead atoms. The summed E-state index contributed by atoms with van der Waals surface area (Å²) in [5.41, 5.74) is 0.133. The van der Waals surface area contributed by atoms with E-state index < -0.39 is 12.1 Å². The number of carboxylic acids is 1. The third-order valence-corrected chi connectivity index (χ3v) is 2.18. The van der Waals surface area contributed by atoms with Gasteiger partial charge in [0.15, 0.2) is 0 Å². The molecule has 1 aromatic carbocycles. The van der Waals surface area contributed by atoms with Crippen LogP contribution in [0.15, 0.2) is 42.5 Å². The van der Waals surface area contributed by atoms with E-state index in [2.05, 4.69) is 11.9 Å². The fourth-order valence-corrected chi connectivity index (χ4v) is 1.23. The van der Waals surface area contributed by atoms with E-state index in [9.17, 15) is 9.59 Å². The Hall–Kier alpha value is -2.30. The molecule has 1 amide bonds. The number of rotatable bonds is 6. The summed E-state index contributed by atoms with van der Waals surface area (Å²) in [7, 11) is 0. The van der Waals surface area contributed by atoms with Crippen molar-refractivity contribution in [1.29, 1.82) is 0 Å². The van der Waals surface area contributed by atoms with E-state index in [1.807, 2.05) is 6.07 Å². The Morgan fingerprint density at radius 1 is 1.28 bits per heavy atom. The molecule has 0 aliphatic heterocycles. The molecule has 0 aliphatic carbocycles. The second-order valence-electron chi connectivity index (χ2n) is 3.64. The van der Waals surface area contributed by atoms with Gasteiger partial charge in [0.1, 0.15) is 5.75 Å². The van der Waals surface area contributed by atoms with E-state index >= 15 is 0 Å². The molecule has 0 fully saturated rings. The minimum absolute atomic E-state index is 0.133. The molecule has 0 atom stereocenters. The second-order valence-corrected chi connectivity index (χ2v) is 3.64. The van der Waals surface area contributed by atoms with Crippen molar-refractivity contribution < 1.29 is 19.4 Å². The fourth-order valence-electron chi connectivity index (χ4n) is 1.23. The molecule has 5 heteroatoms. The fraction of sp³-hybridized carbons (Fsp3) is 0.231. The number of para-hydroxylation sites is 1. The molecule has 1 rings (SSSR count). The number of carboxylic acid groups (broad SMARTS) is 1. The number of benzene rings is 1. The van der Waals surface area contributed by atoms with E-state index in [-0.39, 0.29) is 5.57 Å². The Labute approximate surface area is 105 Å². The molecule has 5 nitrogen and oxygen atoms in total. The van der Waals surface area contributed by atoms with Gasteiger partial charge in [-0.25, -0.2) is 9.59 Å². The Balaban J connectivity index is 2.18. The summed E-state index contributed by atoms with van der Waals surface area (Å²) in [6.07, 6.45) is 0.290. The van der Waals surface area contributed by atoms with Crippen LogP contribution in [0.5, 0.6) is 5.75 Å². The zero-order valence-electron chi connectivity index (χ0n) is 9.89. The molecule has 0 radical (unpaired) electrons. The molecule has 1 aromatic rings. The maximum atomic E-state index is 11.3. The van der Waals surface area contributed by atoms with Gasteiger partial charge >= 0.3 is 12.1 Å². The Morgan fingerprint density at radius 3 is 2.56 bits per heavy atom. The van der Waals surface area contributed by atoms with Crippen molar-refractivity contribution in [2.24, 2.45) is 0 Å². The molecular weight excluding hydrogens is 234 g/mol. The largest absolute Gasteiger partial charge is 0.478 e. The minimum atomic E-state index is -1.01. The lowest BCUT2D eigenvalue weighted by molar-refractivity contribution is -0.132. The van der Waals surface area contributed by atoms with Crippen molar-refractivity contribution in [1.82, 2.24) is 5.32 Å². The lowest BCUT2D eigenvalue weighted by Crippen LogP contribution is -2.27. The molecule has 18 heavy (non-hydrogen) atoms. The van der Waals surface area contributed by atoms with Crippen LogP contribution in [0.3, 0.4) is 0 Å². The van der Waals surface area contributed by atoms with E-state index in [0.717, 1.165) is 0 Å². The summed E-state index contributed by atoms with van der Waals surface area (Å²) in [5.74, 6) is -0.549. The number of amides is 1. The van der Waals surface area contributed by atoms with Gasteiger partial charge in [-0.15, -0.1) is 0 Å². The van der Waals surface area contributed by atoms with Crippen LogP contribution in [0, 0.1) is 0 Å². The molecule has 0 heterocycles. The lowest BCUT2D eigenvalue weighted by Gasteiger charge is -2.06. The Morgan fingerprint density at radius 2 is 1.94 bits per heavy atom. The van der Waals surface area contributed by atoms with E-state index in [1.54, 1.807) is 24.3 Å². The van der Waals surface area contributed by atoms with Gasteiger partial charge < -0.3 is 15.2 Å². The van der Waals surface area contributed by atoms with Crippen LogP contribution < -0.4 is 10.1 Å². The number of carbonyl (C=O) groups excluding carboxylic acids is 1. The van der Waals surface area contributed by atoms with Crippen molar-refractivity contribution in [2.75, 3.05) is 6.54 Å². The van der Waals surface area contributed by atoms with Gasteiger partial charge in [-0.3, -0.25) is 0 Å². The summed E-state index contributed by atoms with van der Waals surface area (Å²) in [6.45, 7) is 3.74. The summed E-state index contributed by atoms with van der Waals surface area (Å²) in [5, 5.41) is 11.1. The highest BCUT2D eigenvalue weighted by atomic mass is 16.6. The van der Waals surface area contributed by atoms with Gasteiger partial charge in [0, 0.05) is 12.1 Å². The summed E-state index contributed by atoms with van der Waals surface area (Å²) < 4.78 is 4.98. The van der Waals surface area contributed by atoms with Crippen LogP contribution in [0.25, 0.3) is 0 Å². The maximum absolute atomic E-state index is 11.3. The van der Waals surface area contributed by atoms with Crippen LogP contribution in [-0.4, -0.2) is 23.7 Å². The zero-order chi connectivity index (χ0) is 13.4. The summed E-state index contributed by atoms with van der Waals surface area (Å²) in [6, 6.07) is 8.69. The van der Waals surface area contributed by atoms with Crippen LogP contribution in [0.2, 0.25) is 0 Å². The zero-order valence-corrected chi connectivity index (χ0v) is 9.89. The Bertz CT molecular complexity index is 428. The van der Waals surface area contributed by atoms with E-state index in [4.69, 9.17) is 9.84 Å². The van der Waals surface area contributed by atoms with Crippen LogP contribution >= 0.6 is 0 Å². The number of nitrogens with one attached hydrogen (secondary N) is 1. The minimum Gasteiger partial charge on any atom is -0.478 e. The van der Waals surface area contributed by atoms with Gasteiger partial charge in [-0.1, -0.05) is 24.8 Å². The molecule has 0 unspecified atom stereocenters. The van der Waals surface area contributed by atoms with Crippen LogP contribution in [0.4, 0.5) is 4.79 Å². The number of hydrogen-bond donors (Lipinski definition) is 2. The summed E-state index contributed by atoms with van der Waals surface area (Å²) in [4.78, 5) is 21.8. The van der Waals surface area contributed by atoms with Crippen molar-refractivity contribution in [2.45, 2.75) is 12.8 Å². The van der Waals surface area contributed by atoms with Gasteiger partial charge in [0.25, 0.3) is 0 Å². The van der Waals surface area contributed by atoms with E-state index in [0.29, 0.717) is 25.1 Å². The lowest BCUT2D eigenvalue weighted by atomic mass is 10.2. The highest BCUT2D eigenvalue weighted by Crippen LogP contribution is 2.08. The first-order chi connectivity index (χ1) is 8.59. The Kier molecular flexibility index (Phi) is 5.44. The molecule has 0 aromatic heterocycles. The monoisotopic (exact) mass is 249 g/mol. The van der Waals surface area contributed by atoms with Crippen LogP contribution in [-0.2, 0) is 4.79 Å². The number of aliphatic carboxylic acids is 1. The molecule has 2 N–H and O–H groups in total. The third kappa shape index (κ3) is 5.16. The van der Waals surface area contributed by atoms with Gasteiger partial charge in [0.2, 0.25) is 0 Å². The molecule has 0 spiro atoms. The maximum Gasteiger partial charge on any atom is 0.412 e. The smallest absolute Gasteiger partial charge is 0.412 e. The van der Waals surface area contributed by atoms with Crippen molar-refractivity contribution in [3.8, 4) is 5.75 Å².